The van der Waals surface area contributed by atoms with Crippen molar-refractivity contribution in [3.8, 4) is 11.5 Å². The summed E-state index contributed by atoms with van der Waals surface area (Å²) in [5, 5.41) is 11.8. The Morgan fingerprint density at radius 2 is 1.82 bits per heavy atom. The zero-order valence-corrected chi connectivity index (χ0v) is 15.5. The van der Waals surface area contributed by atoms with Crippen LogP contribution in [0, 0.1) is 13.8 Å². The molecule has 4 aromatic rings. The average Bonchev–Trinajstić information content (AvgIpc) is 3.04. The van der Waals surface area contributed by atoms with Crippen molar-refractivity contribution in [3.05, 3.63) is 71.2 Å². The van der Waals surface area contributed by atoms with Crippen LogP contribution in [-0.4, -0.2) is 30.5 Å². The lowest BCUT2D eigenvalue weighted by atomic mass is 10.2. The summed E-state index contributed by atoms with van der Waals surface area (Å²) in [7, 11) is 0. The number of nitrogens with zero attached hydrogens (tertiary/aromatic N) is 5. The zero-order valence-electron chi connectivity index (χ0n) is 15.5. The molecular formula is C20H19N7O. The first kappa shape index (κ1) is 17.6. The minimum atomic E-state index is -0.532. The third kappa shape index (κ3) is 3.16. The van der Waals surface area contributed by atoms with Crippen LogP contribution in [0.2, 0.25) is 0 Å². The highest BCUT2D eigenvalue weighted by molar-refractivity contribution is 5.99. The van der Waals surface area contributed by atoms with Crippen LogP contribution in [-0.2, 0) is 6.54 Å². The maximum absolute atomic E-state index is 11.7. The highest BCUT2D eigenvalue weighted by Gasteiger charge is 2.19. The van der Waals surface area contributed by atoms with Crippen LogP contribution < -0.4 is 11.1 Å². The molecule has 0 unspecified atom stereocenters. The van der Waals surface area contributed by atoms with E-state index in [1.807, 2.05) is 44.2 Å². The predicted molar refractivity (Wildman–Crippen MR) is 106 cm³/mol. The fraction of sp³-hybridized carbons (Fsp3) is 0.150. The number of carbonyl (C=O) groups is 1. The third-order valence-electron chi connectivity index (χ3n) is 4.46. The standard InChI is InChI=1S/C20H19N7O/c1-12-16(27-10-6-9-15(17(21)28)20(27)23-12)19-24-18(13(2)25-26-19)22-11-14-7-4-3-5-8-14/h3-10H,11H2,1-2H3,(H2,21,28)(H,22,24,26). The lowest BCUT2D eigenvalue weighted by Gasteiger charge is -2.09. The van der Waals surface area contributed by atoms with Crippen molar-refractivity contribution in [1.82, 2.24) is 24.6 Å². The number of hydrogen-bond acceptors (Lipinski definition) is 6. The number of imidazole rings is 1. The van der Waals surface area contributed by atoms with E-state index in [-0.39, 0.29) is 0 Å². The summed E-state index contributed by atoms with van der Waals surface area (Å²) >= 11 is 0. The maximum atomic E-state index is 11.7. The molecule has 0 aliphatic rings. The van der Waals surface area contributed by atoms with Gasteiger partial charge in [0.25, 0.3) is 5.91 Å². The number of nitrogens with one attached hydrogen (secondary N) is 1. The molecule has 3 aromatic heterocycles. The number of pyridine rings is 1. The second-order valence-corrected chi connectivity index (χ2v) is 6.43. The molecule has 0 bridgehead atoms. The molecule has 0 spiro atoms. The summed E-state index contributed by atoms with van der Waals surface area (Å²) in [6, 6.07) is 13.4. The van der Waals surface area contributed by atoms with E-state index >= 15 is 0 Å². The van der Waals surface area contributed by atoms with Gasteiger partial charge in [-0.3, -0.25) is 9.20 Å². The Balaban J connectivity index is 1.75. The minimum Gasteiger partial charge on any atom is -0.365 e. The number of fused-ring (bicyclic) bond motifs is 1. The highest BCUT2D eigenvalue weighted by Crippen LogP contribution is 2.24. The van der Waals surface area contributed by atoms with E-state index in [2.05, 4.69) is 25.5 Å². The Hall–Kier alpha value is -3.81. The maximum Gasteiger partial charge on any atom is 0.252 e. The van der Waals surface area contributed by atoms with Crippen LogP contribution in [0.5, 0.6) is 0 Å². The first-order valence-corrected chi connectivity index (χ1v) is 8.81. The Bertz CT molecular complexity index is 1170. The van der Waals surface area contributed by atoms with Crippen molar-refractivity contribution in [2.75, 3.05) is 5.32 Å². The lowest BCUT2D eigenvalue weighted by molar-refractivity contribution is 0.100. The topological polar surface area (TPSA) is 111 Å². The Kier molecular flexibility index (Phi) is 4.44. The van der Waals surface area contributed by atoms with Gasteiger partial charge in [-0.25, -0.2) is 9.97 Å². The smallest absolute Gasteiger partial charge is 0.252 e. The predicted octanol–water partition coefficient (Wildman–Crippen LogP) is 2.51. The van der Waals surface area contributed by atoms with Crippen molar-refractivity contribution in [1.29, 1.82) is 0 Å². The zero-order chi connectivity index (χ0) is 19.7. The second kappa shape index (κ2) is 7.07. The van der Waals surface area contributed by atoms with E-state index in [0.29, 0.717) is 46.5 Å². The van der Waals surface area contributed by atoms with Gasteiger partial charge in [0.05, 0.1) is 11.3 Å². The molecule has 0 aliphatic heterocycles. The molecule has 4 rings (SSSR count). The van der Waals surface area contributed by atoms with Crippen LogP contribution in [0.3, 0.4) is 0 Å². The van der Waals surface area contributed by atoms with Gasteiger partial charge < -0.3 is 11.1 Å². The molecule has 28 heavy (non-hydrogen) atoms. The van der Waals surface area contributed by atoms with Gasteiger partial charge in [-0.1, -0.05) is 30.3 Å². The summed E-state index contributed by atoms with van der Waals surface area (Å²) in [5.41, 5.74) is 9.49. The summed E-state index contributed by atoms with van der Waals surface area (Å²) < 4.78 is 1.77. The number of amides is 1. The number of carbonyl (C=O) groups excluding carboxylic acids is 1. The van der Waals surface area contributed by atoms with Gasteiger partial charge in [-0.15, -0.1) is 10.2 Å². The minimum absolute atomic E-state index is 0.347. The molecule has 8 nitrogen and oxygen atoms in total. The fourth-order valence-electron chi connectivity index (χ4n) is 3.07. The van der Waals surface area contributed by atoms with Crippen LogP contribution in [0.4, 0.5) is 5.82 Å². The molecule has 0 atom stereocenters. The fourth-order valence-corrected chi connectivity index (χ4v) is 3.07. The van der Waals surface area contributed by atoms with Crippen molar-refractivity contribution in [2.24, 2.45) is 5.73 Å². The van der Waals surface area contributed by atoms with Crippen molar-refractivity contribution in [2.45, 2.75) is 20.4 Å². The number of primary amides is 1. The number of aromatic nitrogens is 5. The molecule has 0 aliphatic carbocycles. The van der Waals surface area contributed by atoms with Gasteiger partial charge >= 0.3 is 0 Å². The Morgan fingerprint density at radius 1 is 1.04 bits per heavy atom. The number of rotatable bonds is 5. The van der Waals surface area contributed by atoms with Gasteiger partial charge in [0.1, 0.15) is 17.0 Å². The molecule has 0 fully saturated rings. The molecule has 0 saturated carbocycles. The van der Waals surface area contributed by atoms with Crippen LogP contribution in [0.1, 0.15) is 27.3 Å². The molecule has 8 heteroatoms. The molecule has 140 valence electrons. The highest BCUT2D eigenvalue weighted by atomic mass is 16.1. The van der Waals surface area contributed by atoms with Crippen molar-refractivity contribution >= 4 is 17.4 Å². The molecule has 0 radical (unpaired) electrons. The molecular weight excluding hydrogens is 354 g/mol. The van der Waals surface area contributed by atoms with Gasteiger partial charge in [0.15, 0.2) is 5.82 Å². The van der Waals surface area contributed by atoms with E-state index in [4.69, 9.17) is 5.73 Å². The average molecular weight is 373 g/mol. The van der Waals surface area contributed by atoms with Gasteiger partial charge in [-0.2, -0.15) is 0 Å². The lowest BCUT2D eigenvalue weighted by Crippen LogP contribution is -2.12. The van der Waals surface area contributed by atoms with Crippen LogP contribution in [0.15, 0.2) is 48.7 Å². The van der Waals surface area contributed by atoms with Gasteiger partial charge in [-0.05, 0) is 31.5 Å². The summed E-state index contributed by atoms with van der Waals surface area (Å²) in [6.45, 7) is 4.31. The van der Waals surface area contributed by atoms with Crippen LogP contribution in [0.25, 0.3) is 17.2 Å². The van der Waals surface area contributed by atoms with E-state index in [0.717, 1.165) is 5.56 Å². The number of nitrogens with two attached hydrogens (primary N) is 1. The molecule has 1 aromatic carbocycles. The van der Waals surface area contributed by atoms with Crippen LogP contribution >= 0.6 is 0 Å². The molecule has 3 N–H and O–H groups in total. The first-order chi connectivity index (χ1) is 13.5. The SMILES string of the molecule is Cc1nnc(-c2c(C)nc3c(C(N)=O)cccn23)nc1NCc1ccccc1. The normalized spacial score (nSPS) is 10.9. The van der Waals surface area contributed by atoms with E-state index in [1.54, 1.807) is 22.7 Å². The Labute approximate surface area is 161 Å². The summed E-state index contributed by atoms with van der Waals surface area (Å²) in [5.74, 6) is 0.539. The van der Waals surface area contributed by atoms with E-state index in [1.165, 1.54) is 0 Å². The monoisotopic (exact) mass is 373 g/mol. The van der Waals surface area contributed by atoms with E-state index in [9.17, 15) is 4.79 Å². The molecule has 3 heterocycles. The van der Waals surface area contributed by atoms with Crippen molar-refractivity contribution < 1.29 is 4.79 Å². The summed E-state index contributed by atoms with van der Waals surface area (Å²) in [6.07, 6.45) is 1.80. The summed E-state index contributed by atoms with van der Waals surface area (Å²) in [4.78, 5) is 20.8. The number of hydrogen-bond donors (Lipinski definition) is 2. The first-order valence-electron chi connectivity index (χ1n) is 8.81. The van der Waals surface area contributed by atoms with E-state index < -0.39 is 5.91 Å². The molecule has 1 amide bonds. The van der Waals surface area contributed by atoms with Gasteiger partial charge in [0.2, 0.25) is 5.82 Å². The quantitative estimate of drug-likeness (QED) is 0.556. The molecule has 0 saturated heterocycles. The van der Waals surface area contributed by atoms with Crippen molar-refractivity contribution in [3.63, 3.8) is 0 Å². The Morgan fingerprint density at radius 3 is 2.57 bits per heavy atom. The number of aryl methyl sites for hydroxylation is 2. The third-order valence-corrected chi connectivity index (χ3v) is 4.46. The second-order valence-electron chi connectivity index (χ2n) is 6.43. The number of anilines is 1. The largest absolute Gasteiger partial charge is 0.365 e. The van der Waals surface area contributed by atoms with Gasteiger partial charge in [0, 0.05) is 12.7 Å². The number of benzene rings is 1.